The van der Waals surface area contributed by atoms with E-state index >= 15 is 0 Å². The number of carbonyl (C=O) groups is 2. The van der Waals surface area contributed by atoms with Gasteiger partial charge >= 0.3 is 12.1 Å². The molecule has 4 atom stereocenters. The average Bonchev–Trinajstić information content (AvgIpc) is 2.76. The lowest BCUT2D eigenvalue weighted by molar-refractivity contribution is -0.150. The van der Waals surface area contributed by atoms with Crippen LogP contribution >= 0.6 is 0 Å². The van der Waals surface area contributed by atoms with Crippen LogP contribution in [0.25, 0.3) is 0 Å². The number of carbonyl (C=O) groups excluding carboxylic acids is 2. The van der Waals surface area contributed by atoms with Crippen LogP contribution in [0.5, 0.6) is 0 Å². The first-order chi connectivity index (χ1) is 11.6. The van der Waals surface area contributed by atoms with Gasteiger partial charge in [-0.15, -0.1) is 0 Å². The first-order valence-electron chi connectivity index (χ1n) is 8.83. The number of rotatable bonds is 3. The van der Waals surface area contributed by atoms with Gasteiger partial charge in [0.1, 0.15) is 18.2 Å². The maximum atomic E-state index is 12.4. The summed E-state index contributed by atoms with van der Waals surface area (Å²) in [6.07, 6.45) is -3.39. The quantitative estimate of drug-likeness (QED) is 0.805. The van der Waals surface area contributed by atoms with Crippen molar-refractivity contribution < 1.29 is 23.2 Å². The normalized spacial score (nSPS) is 30.1. The number of benzene rings is 1. The number of ether oxygens (including phenoxy) is 2. The first-order valence-corrected chi connectivity index (χ1v) is 7.10. The van der Waals surface area contributed by atoms with Gasteiger partial charge in [0.2, 0.25) is 0 Å². The predicted octanol–water partition coefficient (Wildman–Crippen LogP) is 3.13. The van der Waals surface area contributed by atoms with E-state index in [4.69, 9.17) is 13.6 Å². The van der Waals surface area contributed by atoms with Crippen LogP contribution in [0.15, 0.2) is 30.3 Å². The van der Waals surface area contributed by atoms with Crippen LogP contribution in [0.3, 0.4) is 0 Å². The monoisotopic (exact) mass is 308 g/mol. The molecule has 0 radical (unpaired) electrons. The van der Waals surface area contributed by atoms with Crippen molar-refractivity contribution in [3.63, 3.8) is 0 Å². The molecule has 0 aliphatic carbocycles. The number of hydrogen-bond donors (Lipinski definition) is 0. The highest BCUT2D eigenvalue weighted by Crippen LogP contribution is 2.22. The standard InChI is InChI=1S/C17H23NO4/c1-17(2,3)22-16(20)18-11-7-10-14(18)15(19)21-12-13-8-5-4-6-9-13/h4-6,8-9,14H,7,10-12H2,1-3H3/t14-/m1/s1/i7D,10D,11D/t7-,10+,11+,14+/m0. The predicted molar refractivity (Wildman–Crippen MR) is 82.2 cm³/mol. The van der Waals surface area contributed by atoms with E-state index in [2.05, 4.69) is 0 Å². The van der Waals surface area contributed by atoms with Crippen LogP contribution in [-0.4, -0.2) is 35.1 Å². The Balaban J connectivity index is 2.13. The van der Waals surface area contributed by atoms with Crippen molar-refractivity contribution in [2.75, 3.05) is 6.52 Å². The van der Waals surface area contributed by atoms with E-state index in [-0.39, 0.29) is 6.61 Å². The molecule has 0 saturated carbocycles. The van der Waals surface area contributed by atoms with Gasteiger partial charge in [-0.3, -0.25) is 4.90 Å². The van der Waals surface area contributed by atoms with Crippen LogP contribution in [0.4, 0.5) is 4.79 Å². The van der Waals surface area contributed by atoms with E-state index in [9.17, 15) is 9.59 Å². The van der Waals surface area contributed by atoms with Gasteiger partial charge in [-0.05, 0) is 39.1 Å². The number of nitrogens with zero attached hydrogens (tertiary/aromatic N) is 1. The molecule has 1 aliphatic rings. The van der Waals surface area contributed by atoms with Gasteiger partial charge in [0, 0.05) is 10.6 Å². The third-order valence-corrected chi connectivity index (χ3v) is 2.91. The molecule has 1 saturated heterocycles. The van der Waals surface area contributed by atoms with Gasteiger partial charge < -0.3 is 9.47 Å². The van der Waals surface area contributed by atoms with E-state index in [1.165, 1.54) is 0 Å². The van der Waals surface area contributed by atoms with E-state index in [0.29, 0.717) is 0 Å². The molecule has 22 heavy (non-hydrogen) atoms. The lowest BCUT2D eigenvalue weighted by Crippen LogP contribution is -2.44. The van der Waals surface area contributed by atoms with Crippen LogP contribution in [-0.2, 0) is 20.9 Å². The smallest absolute Gasteiger partial charge is 0.411 e. The number of likely N-dealkylation sites (tertiary alicyclic amines) is 1. The Labute approximate surface area is 135 Å². The maximum Gasteiger partial charge on any atom is 0.411 e. The highest BCUT2D eigenvalue weighted by molar-refractivity contribution is 5.82. The molecule has 0 spiro atoms. The van der Waals surface area contributed by atoms with Gasteiger partial charge in [0.25, 0.3) is 0 Å². The summed E-state index contributed by atoms with van der Waals surface area (Å²) in [5.74, 6) is -0.804. The van der Waals surface area contributed by atoms with Gasteiger partial charge in [-0.1, -0.05) is 30.3 Å². The first kappa shape index (κ1) is 12.5. The second-order valence-electron chi connectivity index (χ2n) is 5.96. The molecule has 0 N–H and O–H groups in total. The van der Waals surface area contributed by atoms with Gasteiger partial charge in [-0.2, -0.15) is 0 Å². The summed E-state index contributed by atoms with van der Waals surface area (Å²) in [6.45, 7) is 3.64. The SMILES string of the molecule is [2H][C@@H]1[C@H]([2H])[C@@H]([2H])N(C(=O)OC(C)(C)C)[C@H]1C(=O)OCc1ccccc1. The molecule has 1 amide bonds. The summed E-state index contributed by atoms with van der Waals surface area (Å²) < 4.78 is 34.4. The molecule has 1 aliphatic heterocycles. The summed E-state index contributed by atoms with van der Waals surface area (Å²) >= 11 is 0. The van der Waals surface area contributed by atoms with Crippen molar-refractivity contribution in [3.05, 3.63) is 35.9 Å². The number of esters is 1. The molecule has 2 rings (SSSR count). The van der Waals surface area contributed by atoms with Crippen molar-refractivity contribution >= 4 is 12.1 Å². The van der Waals surface area contributed by atoms with E-state index < -0.39 is 43.0 Å². The van der Waals surface area contributed by atoms with E-state index in [1.807, 2.05) is 6.07 Å². The van der Waals surface area contributed by atoms with Gasteiger partial charge in [0.15, 0.2) is 0 Å². The molecule has 0 unspecified atom stereocenters. The molecule has 0 bridgehead atoms. The van der Waals surface area contributed by atoms with Crippen molar-refractivity contribution in [2.45, 2.75) is 51.8 Å². The molecule has 0 aromatic heterocycles. The summed E-state index contributed by atoms with van der Waals surface area (Å²) in [4.78, 5) is 25.6. The fourth-order valence-corrected chi connectivity index (χ4v) is 1.93. The van der Waals surface area contributed by atoms with Crippen molar-refractivity contribution in [2.24, 2.45) is 0 Å². The van der Waals surface area contributed by atoms with Crippen molar-refractivity contribution in [1.29, 1.82) is 0 Å². The Morgan fingerprint density at radius 3 is 2.64 bits per heavy atom. The molecule has 1 heterocycles. The Morgan fingerprint density at radius 1 is 1.32 bits per heavy atom. The molecular weight excluding hydrogens is 282 g/mol. The van der Waals surface area contributed by atoms with Crippen molar-refractivity contribution in [1.82, 2.24) is 4.90 Å². The van der Waals surface area contributed by atoms with E-state index in [1.54, 1.807) is 45.0 Å². The minimum absolute atomic E-state index is 0.00359. The zero-order chi connectivity index (χ0) is 18.8. The highest BCUT2D eigenvalue weighted by atomic mass is 16.6. The Morgan fingerprint density at radius 2 is 2.00 bits per heavy atom. The minimum Gasteiger partial charge on any atom is -0.459 e. The van der Waals surface area contributed by atoms with Crippen LogP contribution in [0.1, 0.15) is 43.2 Å². The number of amides is 1. The van der Waals surface area contributed by atoms with Gasteiger partial charge in [-0.25, -0.2) is 9.59 Å². The molecular formula is C17H23NO4. The summed E-state index contributed by atoms with van der Waals surface area (Å²) in [7, 11) is 0. The summed E-state index contributed by atoms with van der Waals surface area (Å²) in [5, 5.41) is 0. The number of hydrogen-bond acceptors (Lipinski definition) is 4. The Hall–Kier alpha value is -2.04. The second kappa shape index (κ2) is 6.81. The topological polar surface area (TPSA) is 55.8 Å². The molecule has 1 aromatic rings. The third-order valence-electron chi connectivity index (χ3n) is 2.91. The zero-order valence-corrected chi connectivity index (χ0v) is 13.0. The molecule has 1 fully saturated rings. The van der Waals surface area contributed by atoms with Crippen LogP contribution in [0, 0.1) is 0 Å². The highest BCUT2D eigenvalue weighted by Gasteiger charge is 2.37. The fourth-order valence-electron chi connectivity index (χ4n) is 1.93. The minimum atomic E-state index is -1.35. The summed E-state index contributed by atoms with van der Waals surface area (Å²) in [6, 6.07) is 7.68. The summed E-state index contributed by atoms with van der Waals surface area (Å²) in [5.41, 5.74) is -0.0449. The maximum absolute atomic E-state index is 12.4. The average molecular weight is 308 g/mol. The fraction of sp³-hybridized carbons (Fsp3) is 0.529. The second-order valence-corrected chi connectivity index (χ2v) is 5.96. The van der Waals surface area contributed by atoms with Gasteiger partial charge in [0.05, 0.1) is 0 Å². The zero-order valence-electron chi connectivity index (χ0n) is 16.0. The molecule has 5 heteroatoms. The lowest BCUT2D eigenvalue weighted by Gasteiger charge is -2.27. The molecule has 1 aromatic carbocycles. The third kappa shape index (κ3) is 4.48. The largest absolute Gasteiger partial charge is 0.459 e. The molecule has 120 valence electrons. The van der Waals surface area contributed by atoms with Crippen LogP contribution < -0.4 is 0 Å². The van der Waals surface area contributed by atoms with E-state index in [0.717, 1.165) is 10.5 Å². The van der Waals surface area contributed by atoms with Crippen LogP contribution in [0.2, 0.25) is 0 Å². The Kier molecular flexibility index (Phi) is 3.87. The molecule has 5 nitrogen and oxygen atoms in total. The Bertz CT molecular complexity index is 620. The lowest BCUT2D eigenvalue weighted by atomic mass is 10.2. The van der Waals surface area contributed by atoms with Crippen molar-refractivity contribution in [3.8, 4) is 0 Å².